The number of aromatic nitrogens is 2. The number of piperidine rings is 2. The number of carbonyl (C=O) groups is 3. The third-order valence-corrected chi connectivity index (χ3v) is 9.27. The Morgan fingerprint density at radius 3 is 2.22 bits per heavy atom. The van der Waals surface area contributed by atoms with Crippen LogP contribution in [0.1, 0.15) is 69.5 Å². The summed E-state index contributed by atoms with van der Waals surface area (Å²) in [5.74, 6) is -0.810. The number of carbonyl (C=O) groups excluding carboxylic acids is 3. The van der Waals surface area contributed by atoms with Crippen LogP contribution in [0.3, 0.4) is 0 Å². The third kappa shape index (κ3) is 6.33. The number of hydrogen-bond donors (Lipinski definition) is 0. The molecule has 3 heterocycles. The van der Waals surface area contributed by atoms with Gasteiger partial charge in [-0.15, -0.1) is 3.89 Å². The summed E-state index contributed by atoms with van der Waals surface area (Å²) in [4.78, 5) is 54.7. The smallest absolute Gasteiger partial charge is 0.410 e. The second-order valence-corrected chi connectivity index (χ2v) is 13.7. The minimum Gasteiger partial charge on any atom is -0.497 e. The van der Waals surface area contributed by atoms with Gasteiger partial charge in [0.2, 0.25) is 5.91 Å². The average molecular weight is 645 g/mol. The fourth-order valence-electron chi connectivity index (χ4n) is 6.17. The van der Waals surface area contributed by atoms with Crippen LogP contribution < -0.4 is 10.4 Å². The molecule has 12 nitrogen and oxygen atoms in total. The molecule has 0 saturated carbocycles. The molecule has 2 aromatic carbocycles. The number of halogens is 1. The number of methoxy groups -OCH3 is 1. The van der Waals surface area contributed by atoms with Gasteiger partial charge in [-0.05, 0) is 75.3 Å². The highest BCUT2D eigenvalue weighted by atomic mass is 32.3. The summed E-state index contributed by atoms with van der Waals surface area (Å²) >= 11 is 0. The van der Waals surface area contributed by atoms with Crippen LogP contribution in [-0.2, 0) is 38.1 Å². The van der Waals surface area contributed by atoms with Crippen molar-refractivity contribution in [2.45, 2.75) is 75.5 Å². The van der Waals surface area contributed by atoms with Gasteiger partial charge in [0.05, 0.1) is 24.7 Å². The zero-order valence-electron chi connectivity index (χ0n) is 25.9. The van der Waals surface area contributed by atoms with Gasteiger partial charge in [-0.3, -0.25) is 23.6 Å². The van der Waals surface area contributed by atoms with Gasteiger partial charge in [0.15, 0.2) is 0 Å². The number of aryl methyl sites for hydroxylation is 1. The molecule has 1 atom stereocenters. The largest absolute Gasteiger partial charge is 0.497 e. The molecule has 2 aliphatic heterocycles. The first kappa shape index (κ1) is 32.2. The van der Waals surface area contributed by atoms with E-state index in [0.717, 1.165) is 14.0 Å². The van der Waals surface area contributed by atoms with Crippen molar-refractivity contribution in [1.82, 2.24) is 18.9 Å². The number of rotatable bonds is 6. The van der Waals surface area contributed by atoms with Gasteiger partial charge in [0.1, 0.15) is 22.3 Å². The molecule has 1 aromatic heterocycles. The van der Waals surface area contributed by atoms with Crippen molar-refractivity contribution in [1.29, 1.82) is 0 Å². The van der Waals surface area contributed by atoms with E-state index in [1.54, 1.807) is 45.0 Å². The van der Waals surface area contributed by atoms with Gasteiger partial charge in [-0.2, -0.15) is 8.42 Å². The maximum Gasteiger partial charge on any atom is 0.410 e. The molecular weight excluding hydrogens is 607 g/mol. The van der Waals surface area contributed by atoms with E-state index in [-0.39, 0.29) is 49.1 Å². The van der Waals surface area contributed by atoms with Crippen LogP contribution in [0.25, 0.3) is 11.0 Å². The Morgan fingerprint density at radius 1 is 1.00 bits per heavy atom. The second-order valence-electron chi connectivity index (χ2n) is 12.5. The number of benzene rings is 2. The molecule has 5 rings (SSSR count). The second kappa shape index (κ2) is 12.0. The van der Waals surface area contributed by atoms with E-state index >= 15 is 3.89 Å². The lowest BCUT2D eigenvalue weighted by Gasteiger charge is -2.34. The fraction of sp³-hybridized carbons (Fsp3) is 0.484. The Labute approximate surface area is 260 Å². The molecule has 2 saturated heterocycles. The summed E-state index contributed by atoms with van der Waals surface area (Å²) in [6, 6.07) is 8.77. The van der Waals surface area contributed by atoms with Crippen LogP contribution >= 0.6 is 0 Å². The molecule has 2 fully saturated rings. The highest BCUT2D eigenvalue weighted by molar-refractivity contribution is 7.86. The van der Waals surface area contributed by atoms with E-state index in [1.807, 2.05) is 0 Å². The normalized spacial score (nSPS) is 18.5. The summed E-state index contributed by atoms with van der Waals surface area (Å²) < 4.78 is 53.3. The van der Waals surface area contributed by atoms with E-state index in [4.69, 9.17) is 9.47 Å². The number of hydrogen-bond acceptors (Lipinski definition) is 8. The minimum atomic E-state index is -5.34. The van der Waals surface area contributed by atoms with Crippen LogP contribution in [0.4, 0.5) is 8.68 Å². The van der Waals surface area contributed by atoms with Crippen LogP contribution in [0.5, 0.6) is 5.75 Å². The van der Waals surface area contributed by atoms with Crippen molar-refractivity contribution in [3.8, 4) is 5.75 Å². The molecule has 1 unspecified atom stereocenters. The van der Waals surface area contributed by atoms with E-state index < -0.39 is 56.3 Å². The van der Waals surface area contributed by atoms with E-state index in [2.05, 4.69) is 0 Å². The van der Waals surface area contributed by atoms with Gasteiger partial charge >= 0.3 is 22.0 Å². The molecular formula is C31H37FN4O8S. The number of imidazole rings is 1. The molecule has 3 aromatic rings. The summed E-state index contributed by atoms with van der Waals surface area (Å²) in [7, 11) is -2.48. The Hall–Kier alpha value is -4.20. The predicted octanol–water partition coefficient (Wildman–Crippen LogP) is 4.01. The molecule has 2 aliphatic rings. The summed E-state index contributed by atoms with van der Waals surface area (Å²) in [5, 5.41) is 0. The summed E-state index contributed by atoms with van der Waals surface area (Å²) in [5.41, 5.74) is -0.577. The Balaban J connectivity index is 1.49. The van der Waals surface area contributed by atoms with Crippen LogP contribution in [0.2, 0.25) is 0 Å². The zero-order valence-corrected chi connectivity index (χ0v) is 26.7. The first-order valence-electron chi connectivity index (χ1n) is 14.7. The Kier molecular flexibility index (Phi) is 8.55. The molecule has 0 spiro atoms. The molecule has 0 radical (unpaired) electrons. The summed E-state index contributed by atoms with van der Waals surface area (Å²) in [6.45, 7) is 5.82. The quantitative estimate of drug-likeness (QED) is 0.290. The minimum absolute atomic E-state index is 0.0159. The number of likely N-dealkylation sites (tertiary alicyclic amines) is 2. The van der Waals surface area contributed by atoms with Gasteiger partial charge in [0, 0.05) is 26.6 Å². The predicted molar refractivity (Wildman–Crippen MR) is 162 cm³/mol. The maximum absolute atomic E-state index is 15.1. The molecule has 242 valence electrons. The van der Waals surface area contributed by atoms with Crippen molar-refractivity contribution >= 4 is 39.2 Å². The zero-order chi connectivity index (χ0) is 32.8. The SMILES string of the molecule is COc1ccc(CN2C(=O)CCC(n3c(=O)n(C)c4c(S(=O)(=O)F)c(C5CCN(C(=O)OC(C)(C)C)CC5)ccc43)C2=O)cc1. The lowest BCUT2D eigenvalue weighted by atomic mass is 9.89. The Bertz CT molecular complexity index is 1820. The van der Waals surface area contributed by atoms with Crippen LogP contribution in [0.15, 0.2) is 46.1 Å². The molecule has 0 bridgehead atoms. The third-order valence-electron chi connectivity index (χ3n) is 8.35. The van der Waals surface area contributed by atoms with Crippen molar-refractivity contribution in [3.63, 3.8) is 0 Å². The van der Waals surface area contributed by atoms with Gasteiger partial charge in [-0.1, -0.05) is 18.2 Å². The average Bonchev–Trinajstić information content (AvgIpc) is 3.23. The van der Waals surface area contributed by atoms with Crippen LogP contribution in [-0.4, -0.2) is 71.1 Å². The van der Waals surface area contributed by atoms with Crippen molar-refractivity contribution < 1.29 is 36.2 Å². The number of nitrogens with zero attached hydrogens (tertiary/aromatic N) is 4. The van der Waals surface area contributed by atoms with E-state index in [1.165, 1.54) is 31.2 Å². The molecule has 0 aliphatic carbocycles. The molecule has 3 amide bonds. The molecule has 45 heavy (non-hydrogen) atoms. The number of fused-ring (bicyclic) bond motifs is 1. The highest BCUT2D eigenvalue weighted by Crippen LogP contribution is 2.39. The number of imide groups is 1. The van der Waals surface area contributed by atoms with E-state index in [0.29, 0.717) is 24.2 Å². The first-order valence-corrected chi connectivity index (χ1v) is 16.1. The Morgan fingerprint density at radius 2 is 1.64 bits per heavy atom. The van der Waals surface area contributed by atoms with Crippen molar-refractivity contribution in [3.05, 3.63) is 58.0 Å². The van der Waals surface area contributed by atoms with Gasteiger partial charge < -0.3 is 14.4 Å². The first-order chi connectivity index (χ1) is 21.1. The standard InChI is InChI=1S/C31H37FN4O8S/c1-31(2,3)44-30(40)34-16-14-20(15-17-34)22-10-11-23-26(27(22)45(32,41)42)33(4)29(39)36(23)24-12-13-25(37)35(28(24)38)18-19-6-8-21(43-5)9-7-19/h6-11,20,24H,12-18H2,1-5H3. The van der Waals surface area contributed by atoms with Gasteiger partial charge in [-0.25, -0.2) is 9.59 Å². The lowest BCUT2D eigenvalue weighted by Crippen LogP contribution is -2.47. The topological polar surface area (TPSA) is 137 Å². The lowest BCUT2D eigenvalue weighted by molar-refractivity contribution is -0.151. The monoisotopic (exact) mass is 644 g/mol. The molecule has 0 N–H and O–H groups in total. The number of ether oxygens (including phenoxy) is 2. The van der Waals surface area contributed by atoms with E-state index in [9.17, 15) is 27.6 Å². The fourth-order valence-corrected chi connectivity index (χ4v) is 7.16. The van der Waals surface area contributed by atoms with Crippen molar-refractivity contribution in [2.24, 2.45) is 7.05 Å². The maximum atomic E-state index is 15.1. The van der Waals surface area contributed by atoms with Gasteiger partial charge in [0.25, 0.3) is 5.91 Å². The number of amides is 3. The van der Waals surface area contributed by atoms with Crippen molar-refractivity contribution in [2.75, 3.05) is 20.2 Å². The highest BCUT2D eigenvalue weighted by Gasteiger charge is 2.39. The van der Waals surface area contributed by atoms with Crippen LogP contribution in [0, 0.1) is 0 Å². The summed E-state index contributed by atoms with van der Waals surface area (Å²) in [6.07, 6.45) is 0.235. The molecule has 14 heteroatoms.